The van der Waals surface area contributed by atoms with Crippen LogP contribution in [0.3, 0.4) is 0 Å². The molecule has 0 bridgehead atoms. The van der Waals surface area contributed by atoms with Crippen molar-refractivity contribution >= 4 is 14.3 Å². The van der Waals surface area contributed by atoms with Crippen LogP contribution in [0, 0.1) is 0 Å². The highest BCUT2D eigenvalue weighted by atomic mass is 28.4. The number of ether oxygens (including phenoxy) is 1. The Kier molecular flexibility index (Phi) is 9.62. The van der Waals surface area contributed by atoms with Gasteiger partial charge in [0.1, 0.15) is 5.75 Å². The molecule has 1 rings (SSSR count). The van der Waals surface area contributed by atoms with Gasteiger partial charge in [-0.3, -0.25) is 4.79 Å². The molecule has 0 aliphatic carbocycles. The highest BCUT2D eigenvalue weighted by Crippen LogP contribution is 2.40. The van der Waals surface area contributed by atoms with Crippen LogP contribution in [0.2, 0.25) is 18.1 Å². The maximum atomic E-state index is 12.3. The number of aryl methyl sites for hydroxylation is 1. The zero-order valence-electron chi connectivity index (χ0n) is 22.6. The molecule has 0 saturated heterocycles. The van der Waals surface area contributed by atoms with Crippen molar-refractivity contribution in [3.8, 4) is 5.75 Å². The van der Waals surface area contributed by atoms with Gasteiger partial charge < -0.3 is 14.3 Å². The van der Waals surface area contributed by atoms with E-state index in [0.717, 1.165) is 36.1 Å². The number of unbranched alkanes of at least 4 members (excludes halogenated alkanes) is 1. The summed E-state index contributed by atoms with van der Waals surface area (Å²) >= 11 is 0. The first-order chi connectivity index (χ1) is 14.4. The summed E-state index contributed by atoms with van der Waals surface area (Å²) in [5.41, 5.74) is 2.57. The van der Waals surface area contributed by atoms with Gasteiger partial charge in [-0.05, 0) is 64.9 Å². The van der Waals surface area contributed by atoms with Crippen molar-refractivity contribution in [2.75, 3.05) is 13.2 Å². The zero-order valence-corrected chi connectivity index (χ0v) is 23.6. The molecular formula is C27H48O4Si. The van der Waals surface area contributed by atoms with Gasteiger partial charge in [-0.25, -0.2) is 0 Å². The number of benzene rings is 1. The SMILES string of the molecule is CC(C)(C)c1cc(CCC(=O)OCCCCO[Si](C)(C)C(C)(C)C)cc(C(C)(C)C)c1O. The maximum Gasteiger partial charge on any atom is 0.306 e. The smallest absolute Gasteiger partial charge is 0.306 e. The van der Waals surface area contributed by atoms with Gasteiger partial charge in [0.05, 0.1) is 6.61 Å². The molecule has 0 heterocycles. The molecule has 0 unspecified atom stereocenters. The highest BCUT2D eigenvalue weighted by Gasteiger charge is 2.36. The molecule has 0 aliphatic rings. The lowest BCUT2D eigenvalue weighted by Crippen LogP contribution is -2.41. The minimum absolute atomic E-state index is 0.169. The second-order valence-electron chi connectivity index (χ2n) is 12.6. The number of phenolic OH excluding ortho intramolecular Hbond substituents is 1. The third kappa shape index (κ3) is 8.55. The molecule has 0 aliphatic heterocycles. The summed E-state index contributed by atoms with van der Waals surface area (Å²) in [5.74, 6) is 0.203. The molecule has 0 aromatic heterocycles. The standard InChI is InChI=1S/C27H48O4Si/c1-25(2,3)21-18-20(19-22(24(21)29)26(4,5)6)14-15-23(28)30-16-12-13-17-31-32(10,11)27(7,8)9/h18-19,29H,12-17H2,1-11H3. The van der Waals surface area contributed by atoms with Crippen LogP contribution in [-0.4, -0.2) is 32.6 Å². The van der Waals surface area contributed by atoms with Crippen LogP contribution < -0.4 is 0 Å². The first kappa shape index (κ1) is 28.7. The summed E-state index contributed by atoms with van der Waals surface area (Å²) in [4.78, 5) is 12.3. The molecule has 5 heteroatoms. The van der Waals surface area contributed by atoms with E-state index in [9.17, 15) is 9.90 Å². The van der Waals surface area contributed by atoms with Crippen LogP contribution in [-0.2, 0) is 31.2 Å². The molecule has 184 valence electrons. The van der Waals surface area contributed by atoms with Gasteiger partial charge in [-0.2, -0.15) is 0 Å². The van der Waals surface area contributed by atoms with E-state index < -0.39 is 8.32 Å². The summed E-state index contributed by atoms with van der Waals surface area (Å²) in [6.07, 6.45) is 2.68. The maximum absolute atomic E-state index is 12.3. The average molecular weight is 465 g/mol. The lowest BCUT2D eigenvalue weighted by molar-refractivity contribution is -0.143. The van der Waals surface area contributed by atoms with Crippen LogP contribution in [0.1, 0.15) is 98.3 Å². The summed E-state index contributed by atoms with van der Waals surface area (Å²) < 4.78 is 11.6. The largest absolute Gasteiger partial charge is 0.507 e. The Hall–Kier alpha value is -1.33. The molecule has 1 aromatic carbocycles. The Labute approximate surface area is 198 Å². The van der Waals surface area contributed by atoms with Crippen molar-refractivity contribution in [2.24, 2.45) is 0 Å². The number of carbonyl (C=O) groups is 1. The third-order valence-electron chi connectivity index (χ3n) is 6.47. The van der Waals surface area contributed by atoms with E-state index in [-0.39, 0.29) is 21.8 Å². The molecule has 32 heavy (non-hydrogen) atoms. The summed E-state index contributed by atoms with van der Waals surface area (Å²) in [6.45, 7) is 25.0. The fourth-order valence-corrected chi connectivity index (χ4v) is 4.32. The van der Waals surface area contributed by atoms with E-state index in [1.165, 1.54) is 0 Å². The first-order valence-electron chi connectivity index (χ1n) is 12.0. The van der Waals surface area contributed by atoms with E-state index in [1.54, 1.807) is 0 Å². The minimum atomic E-state index is -1.70. The van der Waals surface area contributed by atoms with Gasteiger partial charge in [-0.1, -0.05) is 74.4 Å². The van der Waals surface area contributed by atoms with Gasteiger partial charge in [0.15, 0.2) is 8.32 Å². The van der Waals surface area contributed by atoms with Crippen LogP contribution >= 0.6 is 0 Å². The van der Waals surface area contributed by atoms with E-state index in [2.05, 4.69) is 75.4 Å². The van der Waals surface area contributed by atoms with E-state index in [4.69, 9.17) is 9.16 Å². The quantitative estimate of drug-likeness (QED) is 0.237. The molecular weight excluding hydrogens is 416 g/mol. The predicted octanol–water partition coefficient (Wildman–Crippen LogP) is 7.27. The fraction of sp³-hybridized carbons (Fsp3) is 0.741. The van der Waals surface area contributed by atoms with Gasteiger partial charge >= 0.3 is 5.97 Å². The van der Waals surface area contributed by atoms with Gasteiger partial charge in [0, 0.05) is 13.0 Å². The second-order valence-corrected chi connectivity index (χ2v) is 17.4. The lowest BCUT2D eigenvalue weighted by Gasteiger charge is -2.36. The van der Waals surface area contributed by atoms with Crippen molar-refractivity contribution in [2.45, 2.75) is 117 Å². The van der Waals surface area contributed by atoms with E-state index >= 15 is 0 Å². The summed E-state index contributed by atoms with van der Waals surface area (Å²) in [6, 6.07) is 4.08. The summed E-state index contributed by atoms with van der Waals surface area (Å²) in [5, 5.41) is 11.1. The predicted molar refractivity (Wildman–Crippen MR) is 137 cm³/mol. The first-order valence-corrected chi connectivity index (χ1v) is 14.9. The molecule has 0 saturated carbocycles. The van der Waals surface area contributed by atoms with Gasteiger partial charge in [0.25, 0.3) is 0 Å². The second kappa shape index (κ2) is 10.7. The molecule has 4 nitrogen and oxygen atoms in total. The van der Waals surface area contributed by atoms with Crippen LogP contribution in [0.4, 0.5) is 0 Å². The number of phenols is 1. The molecule has 1 N–H and O–H groups in total. The topological polar surface area (TPSA) is 55.8 Å². The number of esters is 1. The monoisotopic (exact) mass is 464 g/mol. The normalized spacial score (nSPS) is 13.3. The van der Waals surface area contributed by atoms with Crippen molar-refractivity contribution < 1.29 is 19.1 Å². The minimum Gasteiger partial charge on any atom is -0.507 e. The fourth-order valence-electron chi connectivity index (χ4n) is 3.23. The van der Waals surface area contributed by atoms with Gasteiger partial charge in [-0.15, -0.1) is 0 Å². The molecule has 0 fully saturated rings. The Morgan fingerprint density at radius 2 is 1.34 bits per heavy atom. The Morgan fingerprint density at radius 3 is 1.78 bits per heavy atom. The lowest BCUT2D eigenvalue weighted by atomic mass is 9.78. The summed E-state index contributed by atoms with van der Waals surface area (Å²) in [7, 11) is -1.70. The van der Waals surface area contributed by atoms with Crippen molar-refractivity contribution in [3.05, 3.63) is 28.8 Å². The Morgan fingerprint density at radius 1 is 0.875 bits per heavy atom. The van der Waals surface area contributed by atoms with Crippen LogP contribution in [0.25, 0.3) is 0 Å². The molecule has 0 atom stereocenters. The van der Waals surface area contributed by atoms with Crippen LogP contribution in [0.15, 0.2) is 12.1 Å². The zero-order chi connectivity index (χ0) is 25.0. The van der Waals surface area contributed by atoms with E-state index in [0.29, 0.717) is 25.2 Å². The molecule has 0 spiro atoms. The number of rotatable bonds is 9. The van der Waals surface area contributed by atoms with Crippen molar-refractivity contribution in [1.29, 1.82) is 0 Å². The third-order valence-corrected chi connectivity index (χ3v) is 11.0. The number of carbonyl (C=O) groups excluding carboxylic acids is 1. The number of hydrogen-bond donors (Lipinski definition) is 1. The molecule has 0 radical (unpaired) electrons. The number of aromatic hydroxyl groups is 1. The van der Waals surface area contributed by atoms with E-state index in [1.807, 2.05) is 12.1 Å². The Bertz CT molecular complexity index is 726. The van der Waals surface area contributed by atoms with Gasteiger partial charge in [0.2, 0.25) is 0 Å². The van der Waals surface area contributed by atoms with Crippen LogP contribution in [0.5, 0.6) is 5.75 Å². The number of hydrogen-bond acceptors (Lipinski definition) is 4. The highest BCUT2D eigenvalue weighted by molar-refractivity contribution is 6.74. The average Bonchev–Trinajstić information content (AvgIpc) is 2.60. The molecule has 1 aromatic rings. The molecule has 0 amide bonds. The Balaban J connectivity index is 2.58. The van der Waals surface area contributed by atoms with Crippen molar-refractivity contribution in [1.82, 2.24) is 0 Å². The van der Waals surface area contributed by atoms with Crippen molar-refractivity contribution in [3.63, 3.8) is 0 Å².